The summed E-state index contributed by atoms with van der Waals surface area (Å²) in [5, 5.41) is 8.98. The van der Waals surface area contributed by atoms with E-state index in [0.29, 0.717) is 9.84 Å². The van der Waals surface area contributed by atoms with Gasteiger partial charge in [0.05, 0.1) is 5.69 Å². The van der Waals surface area contributed by atoms with E-state index in [4.69, 9.17) is 5.11 Å². The third-order valence-corrected chi connectivity index (χ3v) is 4.28. The Kier molecular flexibility index (Phi) is 2.87. The highest BCUT2D eigenvalue weighted by atomic mass is 32.1. The van der Waals surface area contributed by atoms with Crippen molar-refractivity contribution in [3.05, 3.63) is 46.1 Å². The number of fused-ring (bicyclic) bond motifs is 1. The van der Waals surface area contributed by atoms with Crippen molar-refractivity contribution in [1.29, 1.82) is 0 Å². The lowest BCUT2D eigenvalue weighted by Gasteiger charge is -2.08. The number of imidazole rings is 1. The van der Waals surface area contributed by atoms with Gasteiger partial charge in [0.2, 0.25) is 0 Å². The highest BCUT2D eigenvalue weighted by molar-refractivity contribution is 7.18. The van der Waals surface area contributed by atoms with Crippen LogP contribution in [0.2, 0.25) is 0 Å². The molecule has 0 atom stereocenters. The summed E-state index contributed by atoms with van der Waals surface area (Å²) in [6, 6.07) is 4.27. The average molecular weight is 286 g/mol. The number of thiazole rings is 1. The van der Waals surface area contributed by atoms with Crippen molar-refractivity contribution < 1.29 is 9.90 Å². The smallest absolute Gasteiger partial charge is 0.347 e. The zero-order chi connectivity index (χ0) is 14.4. The molecule has 0 saturated heterocycles. The van der Waals surface area contributed by atoms with Crippen LogP contribution < -0.4 is 0 Å². The van der Waals surface area contributed by atoms with Crippen LogP contribution in [0.5, 0.6) is 0 Å². The van der Waals surface area contributed by atoms with E-state index in [0.717, 1.165) is 11.3 Å². The molecule has 0 saturated carbocycles. The Bertz CT molecular complexity index is 775. The Morgan fingerprint density at radius 2 is 1.85 bits per heavy atom. The number of hydrogen-bond donors (Lipinski definition) is 1. The number of carbonyl (C=O) groups is 1. The van der Waals surface area contributed by atoms with Crippen LogP contribution in [0.4, 0.5) is 0 Å². The topological polar surface area (TPSA) is 54.6 Å². The predicted molar refractivity (Wildman–Crippen MR) is 79.7 cm³/mol. The summed E-state index contributed by atoms with van der Waals surface area (Å²) in [6.07, 6.45) is 3.50. The second-order valence-corrected chi connectivity index (χ2v) is 6.00. The van der Waals surface area contributed by atoms with Crippen LogP contribution in [-0.2, 0) is 0 Å². The molecule has 0 fully saturated rings. The molecule has 0 radical (unpaired) electrons. The molecule has 0 aliphatic carbocycles. The van der Waals surface area contributed by atoms with Crippen LogP contribution in [0.25, 0.3) is 16.2 Å². The van der Waals surface area contributed by atoms with Gasteiger partial charge in [-0.15, -0.1) is 0 Å². The van der Waals surface area contributed by atoms with Gasteiger partial charge in [-0.25, -0.2) is 9.78 Å². The molecule has 0 spiro atoms. The Morgan fingerprint density at radius 3 is 2.40 bits per heavy atom. The number of aryl methyl sites for hydroxylation is 3. The average Bonchev–Trinajstić information content (AvgIpc) is 2.85. The van der Waals surface area contributed by atoms with Gasteiger partial charge in [0.25, 0.3) is 0 Å². The van der Waals surface area contributed by atoms with Crippen molar-refractivity contribution >= 4 is 22.3 Å². The minimum Gasteiger partial charge on any atom is -0.477 e. The number of rotatable bonds is 2. The minimum absolute atomic E-state index is 0.302. The molecule has 2 heterocycles. The zero-order valence-electron chi connectivity index (χ0n) is 11.5. The van der Waals surface area contributed by atoms with E-state index in [2.05, 4.69) is 37.9 Å². The van der Waals surface area contributed by atoms with E-state index in [1.165, 1.54) is 28.0 Å². The lowest BCUT2D eigenvalue weighted by Crippen LogP contribution is -1.92. The second kappa shape index (κ2) is 4.45. The molecule has 0 aliphatic rings. The van der Waals surface area contributed by atoms with Crippen molar-refractivity contribution in [2.75, 3.05) is 0 Å². The predicted octanol–water partition coefficient (Wildman–Crippen LogP) is 3.69. The molecule has 20 heavy (non-hydrogen) atoms. The maximum Gasteiger partial charge on any atom is 0.347 e. The Balaban J connectivity index is 2.16. The third kappa shape index (κ3) is 2.00. The molecule has 102 valence electrons. The lowest BCUT2D eigenvalue weighted by atomic mass is 9.98. The van der Waals surface area contributed by atoms with Gasteiger partial charge in [0, 0.05) is 18.0 Å². The summed E-state index contributed by atoms with van der Waals surface area (Å²) >= 11 is 1.19. The highest BCUT2D eigenvalue weighted by Crippen LogP contribution is 2.29. The fraction of sp³-hybridized carbons (Fsp3) is 0.200. The summed E-state index contributed by atoms with van der Waals surface area (Å²) in [5.74, 6) is -0.912. The van der Waals surface area contributed by atoms with Gasteiger partial charge in [-0.1, -0.05) is 29.0 Å². The van der Waals surface area contributed by atoms with E-state index in [1.807, 2.05) is 6.20 Å². The zero-order valence-corrected chi connectivity index (χ0v) is 12.3. The number of nitrogens with zero attached hydrogens (tertiary/aromatic N) is 2. The lowest BCUT2D eigenvalue weighted by molar-refractivity contribution is 0.0702. The fourth-order valence-corrected chi connectivity index (χ4v) is 3.40. The monoisotopic (exact) mass is 286 g/mol. The van der Waals surface area contributed by atoms with Crippen LogP contribution in [0.3, 0.4) is 0 Å². The van der Waals surface area contributed by atoms with Crippen LogP contribution in [0.15, 0.2) is 24.5 Å². The number of hydrogen-bond acceptors (Lipinski definition) is 3. The van der Waals surface area contributed by atoms with Crippen molar-refractivity contribution in [2.45, 2.75) is 20.8 Å². The highest BCUT2D eigenvalue weighted by Gasteiger charge is 2.14. The fourth-order valence-electron chi connectivity index (χ4n) is 2.60. The Labute approximate surface area is 120 Å². The van der Waals surface area contributed by atoms with Crippen LogP contribution in [-0.4, -0.2) is 20.5 Å². The first kappa shape index (κ1) is 12.9. The van der Waals surface area contributed by atoms with Gasteiger partial charge < -0.3 is 5.11 Å². The SMILES string of the molecule is Cc1cc(C)c(-c2cn3cc(C(=O)O)sc3n2)c(C)c1. The maximum atomic E-state index is 10.9. The first-order valence-corrected chi connectivity index (χ1v) is 7.07. The first-order valence-electron chi connectivity index (χ1n) is 6.26. The van der Waals surface area contributed by atoms with Crippen LogP contribution in [0.1, 0.15) is 26.4 Å². The van der Waals surface area contributed by atoms with E-state index in [1.54, 1.807) is 10.6 Å². The Hall–Kier alpha value is -2.14. The number of carboxylic acids is 1. The van der Waals surface area contributed by atoms with Crippen molar-refractivity contribution in [2.24, 2.45) is 0 Å². The molecule has 3 rings (SSSR count). The second-order valence-electron chi connectivity index (χ2n) is 4.99. The quantitative estimate of drug-likeness (QED) is 0.781. The molecule has 0 amide bonds. The first-order chi connectivity index (χ1) is 9.45. The molecule has 4 nitrogen and oxygen atoms in total. The molecular weight excluding hydrogens is 272 g/mol. The van der Waals surface area contributed by atoms with Crippen LogP contribution in [0, 0.1) is 20.8 Å². The largest absolute Gasteiger partial charge is 0.477 e. The minimum atomic E-state index is -0.912. The van der Waals surface area contributed by atoms with Crippen molar-refractivity contribution in [3.63, 3.8) is 0 Å². The summed E-state index contributed by atoms with van der Waals surface area (Å²) in [6.45, 7) is 6.23. The maximum absolute atomic E-state index is 10.9. The van der Waals surface area contributed by atoms with Gasteiger partial charge in [0.1, 0.15) is 4.88 Å². The number of benzene rings is 1. The molecule has 0 bridgehead atoms. The molecule has 5 heteroatoms. The third-order valence-electron chi connectivity index (χ3n) is 3.30. The number of carboxylic acid groups (broad SMARTS) is 1. The van der Waals surface area contributed by atoms with E-state index < -0.39 is 5.97 Å². The number of aromatic nitrogens is 2. The van der Waals surface area contributed by atoms with Gasteiger partial charge >= 0.3 is 5.97 Å². The van der Waals surface area contributed by atoms with Gasteiger partial charge in [-0.2, -0.15) is 0 Å². The normalized spacial score (nSPS) is 11.2. The number of aromatic carboxylic acids is 1. The molecule has 0 aliphatic heterocycles. The van der Waals surface area contributed by atoms with Crippen molar-refractivity contribution in [3.8, 4) is 11.3 Å². The standard InChI is InChI=1S/C15H14N2O2S/c1-8-4-9(2)13(10(3)5-8)11-6-17-7-12(14(18)19)20-15(17)16-11/h4-7H,1-3H3,(H,18,19). The van der Waals surface area contributed by atoms with E-state index in [-0.39, 0.29) is 0 Å². The summed E-state index contributed by atoms with van der Waals surface area (Å²) in [5.41, 5.74) is 5.63. The van der Waals surface area contributed by atoms with E-state index in [9.17, 15) is 4.79 Å². The summed E-state index contributed by atoms with van der Waals surface area (Å²) in [7, 11) is 0. The summed E-state index contributed by atoms with van der Waals surface area (Å²) in [4.78, 5) is 16.5. The molecular formula is C15H14N2O2S. The van der Waals surface area contributed by atoms with Gasteiger partial charge in [0.15, 0.2) is 4.96 Å². The molecule has 2 aromatic heterocycles. The summed E-state index contributed by atoms with van der Waals surface area (Å²) < 4.78 is 1.78. The molecule has 3 aromatic rings. The molecule has 0 unspecified atom stereocenters. The Morgan fingerprint density at radius 1 is 1.20 bits per heavy atom. The molecule has 1 N–H and O–H groups in total. The van der Waals surface area contributed by atoms with Gasteiger partial charge in [-0.05, 0) is 31.9 Å². The molecule has 1 aromatic carbocycles. The van der Waals surface area contributed by atoms with E-state index >= 15 is 0 Å². The van der Waals surface area contributed by atoms with Gasteiger partial charge in [-0.3, -0.25) is 4.40 Å². The van der Waals surface area contributed by atoms with Crippen LogP contribution >= 0.6 is 11.3 Å². The van der Waals surface area contributed by atoms with Crippen molar-refractivity contribution in [1.82, 2.24) is 9.38 Å².